The number of imidazole rings is 1. The zero-order valence-corrected chi connectivity index (χ0v) is 15.0. The van der Waals surface area contributed by atoms with Crippen LogP contribution in [0.2, 0.25) is 0 Å². The first-order valence-corrected chi connectivity index (χ1v) is 8.46. The third-order valence-corrected chi connectivity index (χ3v) is 4.89. The molecule has 28 heavy (non-hydrogen) atoms. The van der Waals surface area contributed by atoms with Crippen molar-refractivity contribution < 1.29 is 18.6 Å². The SMILES string of the molecule is COc1cc(C)c2[nH]ccc2c1C(O)(c1nc2ccc(C#N)cc2[nH]1)C(F)F. The lowest BCUT2D eigenvalue weighted by Crippen LogP contribution is -2.37. The van der Waals surface area contributed by atoms with E-state index in [-0.39, 0.29) is 17.1 Å². The molecule has 0 aliphatic heterocycles. The minimum absolute atomic E-state index is 0.0774. The first-order valence-electron chi connectivity index (χ1n) is 8.46. The molecule has 4 rings (SSSR count). The second kappa shape index (κ2) is 6.32. The summed E-state index contributed by atoms with van der Waals surface area (Å²) in [5.41, 5.74) is -0.312. The van der Waals surface area contributed by atoms with Gasteiger partial charge < -0.3 is 19.8 Å². The molecule has 0 bridgehead atoms. The Labute approximate surface area is 158 Å². The number of H-pyrrole nitrogens is 2. The highest BCUT2D eigenvalue weighted by Crippen LogP contribution is 2.44. The summed E-state index contributed by atoms with van der Waals surface area (Å²) in [6.45, 7) is 1.82. The van der Waals surface area contributed by atoms with Gasteiger partial charge in [-0.25, -0.2) is 13.8 Å². The van der Waals surface area contributed by atoms with Crippen LogP contribution in [0.25, 0.3) is 21.9 Å². The summed E-state index contributed by atoms with van der Waals surface area (Å²) >= 11 is 0. The van der Waals surface area contributed by atoms with Gasteiger partial charge in [0.1, 0.15) is 11.6 Å². The number of hydrogen-bond donors (Lipinski definition) is 3. The van der Waals surface area contributed by atoms with Crippen molar-refractivity contribution in [1.82, 2.24) is 15.0 Å². The Kier molecular flexibility index (Phi) is 4.05. The molecule has 2 aromatic carbocycles. The maximum atomic E-state index is 14.4. The molecule has 0 saturated heterocycles. The number of nitrogens with one attached hydrogen (secondary N) is 2. The highest BCUT2D eigenvalue weighted by Gasteiger charge is 2.48. The van der Waals surface area contributed by atoms with Gasteiger partial charge in [-0.1, -0.05) is 0 Å². The second-order valence-electron chi connectivity index (χ2n) is 6.53. The topological polar surface area (TPSA) is 97.7 Å². The Morgan fingerprint density at radius 1 is 1.29 bits per heavy atom. The lowest BCUT2D eigenvalue weighted by atomic mass is 9.88. The fraction of sp³-hybridized carbons (Fsp3) is 0.200. The second-order valence-corrected chi connectivity index (χ2v) is 6.53. The third kappa shape index (κ3) is 2.44. The number of aliphatic hydroxyl groups is 1. The molecule has 2 heterocycles. The first-order chi connectivity index (χ1) is 13.4. The van der Waals surface area contributed by atoms with Crippen molar-refractivity contribution in [3.63, 3.8) is 0 Å². The minimum Gasteiger partial charge on any atom is -0.496 e. The quantitative estimate of drug-likeness (QED) is 0.501. The van der Waals surface area contributed by atoms with Gasteiger partial charge in [0.25, 0.3) is 6.43 Å². The number of aryl methyl sites for hydroxylation is 1. The molecule has 142 valence electrons. The fourth-order valence-corrected chi connectivity index (χ4v) is 3.52. The number of aromatic nitrogens is 3. The van der Waals surface area contributed by atoms with Crippen molar-refractivity contribution in [2.24, 2.45) is 0 Å². The number of alkyl halides is 2. The number of nitrogens with zero attached hydrogens (tertiary/aromatic N) is 2. The maximum Gasteiger partial charge on any atom is 0.278 e. The Bertz CT molecular complexity index is 1240. The Morgan fingerprint density at radius 2 is 2.07 bits per heavy atom. The summed E-state index contributed by atoms with van der Waals surface area (Å²) in [4.78, 5) is 9.95. The van der Waals surface area contributed by atoms with Crippen LogP contribution in [0.3, 0.4) is 0 Å². The highest BCUT2D eigenvalue weighted by atomic mass is 19.3. The molecule has 1 unspecified atom stereocenters. The fourth-order valence-electron chi connectivity index (χ4n) is 3.52. The molecule has 0 radical (unpaired) electrons. The highest BCUT2D eigenvalue weighted by molar-refractivity contribution is 5.90. The van der Waals surface area contributed by atoms with Crippen molar-refractivity contribution in [3.05, 3.63) is 59.0 Å². The van der Waals surface area contributed by atoms with Crippen molar-refractivity contribution in [2.75, 3.05) is 7.11 Å². The summed E-state index contributed by atoms with van der Waals surface area (Å²) in [5, 5.41) is 20.7. The lowest BCUT2D eigenvalue weighted by Gasteiger charge is -2.28. The number of rotatable bonds is 4. The molecular formula is C20H16F2N4O2. The molecule has 0 aliphatic rings. The molecule has 0 saturated carbocycles. The number of hydrogen-bond acceptors (Lipinski definition) is 4. The van der Waals surface area contributed by atoms with Crippen molar-refractivity contribution in [3.8, 4) is 11.8 Å². The predicted molar refractivity (Wildman–Crippen MR) is 99.4 cm³/mol. The molecule has 3 N–H and O–H groups in total. The molecule has 1 atom stereocenters. The van der Waals surface area contributed by atoms with E-state index in [0.717, 1.165) is 5.56 Å². The van der Waals surface area contributed by atoms with Gasteiger partial charge in [-0.2, -0.15) is 5.26 Å². The average molecular weight is 382 g/mol. The maximum absolute atomic E-state index is 14.4. The van der Waals surface area contributed by atoms with Crippen LogP contribution in [-0.2, 0) is 5.60 Å². The predicted octanol–water partition coefficient (Wildman–Crippen LogP) is 3.73. The Balaban J connectivity index is 2.05. The molecule has 4 aromatic rings. The number of nitriles is 1. The Hall–Kier alpha value is -3.44. The van der Waals surface area contributed by atoms with Crippen LogP contribution in [0.5, 0.6) is 5.75 Å². The van der Waals surface area contributed by atoms with Crippen LogP contribution >= 0.6 is 0 Å². The summed E-state index contributed by atoms with van der Waals surface area (Å²) < 4.78 is 34.0. The van der Waals surface area contributed by atoms with Gasteiger partial charge in [0.2, 0.25) is 5.60 Å². The van der Waals surface area contributed by atoms with Gasteiger partial charge in [-0.3, -0.25) is 0 Å². The van der Waals surface area contributed by atoms with Crippen LogP contribution in [0, 0.1) is 18.3 Å². The summed E-state index contributed by atoms with van der Waals surface area (Å²) in [6.07, 6.45) is -1.58. The largest absolute Gasteiger partial charge is 0.496 e. The van der Waals surface area contributed by atoms with Crippen molar-refractivity contribution in [2.45, 2.75) is 19.0 Å². The van der Waals surface area contributed by atoms with Crippen LogP contribution in [0.15, 0.2) is 36.5 Å². The van der Waals surface area contributed by atoms with Crippen LogP contribution < -0.4 is 4.74 Å². The van der Waals surface area contributed by atoms with E-state index in [1.54, 1.807) is 18.3 Å². The van der Waals surface area contributed by atoms with E-state index in [9.17, 15) is 13.9 Å². The summed E-state index contributed by atoms with van der Waals surface area (Å²) in [6, 6.07) is 9.76. The van der Waals surface area contributed by atoms with Gasteiger partial charge in [0.15, 0.2) is 0 Å². The van der Waals surface area contributed by atoms with E-state index < -0.39 is 12.0 Å². The molecule has 2 aromatic heterocycles. The zero-order valence-electron chi connectivity index (χ0n) is 15.0. The average Bonchev–Trinajstić information content (AvgIpc) is 3.33. The van der Waals surface area contributed by atoms with Crippen molar-refractivity contribution >= 4 is 21.9 Å². The van der Waals surface area contributed by atoms with Gasteiger partial charge in [-0.05, 0) is 42.8 Å². The van der Waals surface area contributed by atoms with Crippen LogP contribution in [0.4, 0.5) is 8.78 Å². The van der Waals surface area contributed by atoms with E-state index in [1.807, 2.05) is 13.0 Å². The lowest BCUT2D eigenvalue weighted by molar-refractivity contribution is -0.0768. The van der Waals surface area contributed by atoms with Gasteiger partial charge in [0.05, 0.1) is 29.8 Å². The minimum atomic E-state index is -3.20. The van der Waals surface area contributed by atoms with Gasteiger partial charge in [-0.15, -0.1) is 0 Å². The molecule has 8 heteroatoms. The number of fused-ring (bicyclic) bond motifs is 2. The molecule has 0 spiro atoms. The van der Waals surface area contributed by atoms with Crippen LogP contribution in [-0.4, -0.2) is 33.6 Å². The zero-order chi connectivity index (χ0) is 20.1. The Morgan fingerprint density at radius 3 is 2.75 bits per heavy atom. The third-order valence-electron chi connectivity index (χ3n) is 4.89. The molecular weight excluding hydrogens is 366 g/mol. The number of halogens is 2. The summed E-state index contributed by atoms with van der Waals surface area (Å²) in [7, 11) is 1.36. The molecule has 0 amide bonds. The van der Waals surface area contributed by atoms with E-state index >= 15 is 0 Å². The summed E-state index contributed by atoms with van der Waals surface area (Å²) in [5.74, 6) is -0.192. The van der Waals surface area contributed by atoms with E-state index in [4.69, 9.17) is 10.00 Å². The van der Waals surface area contributed by atoms with E-state index in [2.05, 4.69) is 15.0 Å². The van der Waals surface area contributed by atoms with Gasteiger partial charge >= 0.3 is 0 Å². The number of aromatic amines is 2. The number of ether oxygens (including phenoxy) is 1. The number of methoxy groups -OCH3 is 1. The molecule has 6 nitrogen and oxygen atoms in total. The van der Waals surface area contributed by atoms with Crippen molar-refractivity contribution in [1.29, 1.82) is 5.26 Å². The van der Waals surface area contributed by atoms with E-state index in [1.165, 1.54) is 25.3 Å². The van der Waals surface area contributed by atoms with Gasteiger partial charge in [0, 0.05) is 22.7 Å². The molecule has 0 fully saturated rings. The standard InChI is InChI=1S/C20H16F2N4O2/c1-10-7-15(28-2)16(12-5-6-24-17(10)12)20(27,18(21)22)19-25-13-4-3-11(9-23)8-14(13)26-19/h3-8,18,24,27H,1-2H3,(H,25,26). The van der Waals surface area contributed by atoms with Crippen LogP contribution in [0.1, 0.15) is 22.5 Å². The van der Waals surface area contributed by atoms with E-state index in [0.29, 0.717) is 27.5 Å². The molecule has 0 aliphatic carbocycles. The normalized spacial score (nSPS) is 13.8. The first kappa shape index (κ1) is 17.9. The number of benzene rings is 2. The monoisotopic (exact) mass is 382 g/mol. The smallest absolute Gasteiger partial charge is 0.278 e.